The molecule has 0 spiro atoms. The van der Waals surface area contributed by atoms with Crippen molar-refractivity contribution < 1.29 is 0 Å². The maximum Gasteiger partial charge on any atom is 0.145 e. The van der Waals surface area contributed by atoms with Crippen LogP contribution >= 0.6 is 0 Å². The lowest BCUT2D eigenvalue weighted by molar-refractivity contribution is 1.08. The second-order valence-electron chi connectivity index (χ2n) is 9.99. The van der Waals surface area contributed by atoms with Crippen molar-refractivity contribution >= 4 is 11.0 Å². The summed E-state index contributed by atoms with van der Waals surface area (Å²) < 4.78 is 6.63. The van der Waals surface area contributed by atoms with Crippen LogP contribution in [0.15, 0.2) is 152 Å². The van der Waals surface area contributed by atoms with Crippen LogP contribution in [0.3, 0.4) is 0 Å². The maximum absolute atomic E-state index is 5.25. The molecule has 0 aliphatic heterocycles. The molecule has 41 heavy (non-hydrogen) atoms. The zero-order valence-electron chi connectivity index (χ0n) is 22.2. The number of imidazole rings is 2. The Morgan fingerprint density at radius 1 is 0.390 bits per heavy atom. The Kier molecular flexibility index (Phi) is 5.38. The first-order valence-corrected chi connectivity index (χ1v) is 13.7. The van der Waals surface area contributed by atoms with Gasteiger partial charge in [-0.15, -0.1) is 0 Å². The number of hydrogen-bond acceptors (Lipinski definition) is 2. The fraction of sp³-hybridized carbons (Fsp3) is 0. The van der Waals surface area contributed by atoms with Crippen molar-refractivity contribution in [1.82, 2.24) is 23.3 Å². The maximum atomic E-state index is 5.25. The lowest BCUT2D eigenvalue weighted by atomic mass is 10.2. The van der Waals surface area contributed by atoms with Gasteiger partial charge in [0.15, 0.2) is 0 Å². The summed E-state index contributed by atoms with van der Waals surface area (Å²) in [5.41, 5.74) is 9.17. The van der Waals surface area contributed by atoms with Gasteiger partial charge in [0, 0.05) is 29.2 Å². The highest BCUT2D eigenvalue weighted by molar-refractivity contribution is 5.87. The van der Waals surface area contributed by atoms with Crippen molar-refractivity contribution in [3.63, 3.8) is 0 Å². The van der Waals surface area contributed by atoms with Crippen LogP contribution in [0.5, 0.6) is 0 Å². The Bertz CT molecular complexity index is 2000. The van der Waals surface area contributed by atoms with E-state index >= 15 is 0 Å². The molecule has 8 aromatic rings. The van der Waals surface area contributed by atoms with Crippen molar-refractivity contribution in [2.75, 3.05) is 0 Å². The smallest absolute Gasteiger partial charge is 0.145 e. The van der Waals surface area contributed by atoms with E-state index in [2.05, 4.69) is 147 Å². The molecule has 8 rings (SSSR count). The van der Waals surface area contributed by atoms with E-state index in [-0.39, 0.29) is 0 Å². The van der Waals surface area contributed by atoms with Gasteiger partial charge in [-0.1, -0.05) is 91.0 Å². The third-order valence-corrected chi connectivity index (χ3v) is 7.54. The second kappa shape index (κ2) is 9.50. The monoisotopic (exact) mass is 527 g/mol. The zero-order chi connectivity index (χ0) is 27.2. The molecular formula is C36H25N5. The SMILES string of the molecule is c1ccc(-c2nc(-c3ccc(-c4nc(-c5ccccc5)n5ccccc45)n3-c3ccccc3)c3ccccn23)cc1. The summed E-state index contributed by atoms with van der Waals surface area (Å²) in [6.07, 6.45) is 4.17. The van der Waals surface area contributed by atoms with Gasteiger partial charge in [-0.25, -0.2) is 9.97 Å². The quantitative estimate of drug-likeness (QED) is 0.225. The van der Waals surface area contributed by atoms with Crippen LogP contribution < -0.4 is 0 Å². The highest BCUT2D eigenvalue weighted by Gasteiger charge is 2.23. The topological polar surface area (TPSA) is 39.5 Å². The summed E-state index contributed by atoms with van der Waals surface area (Å²) in [7, 11) is 0. The zero-order valence-corrected chi connectivity index (χ0v) is 22.2. The van der Waals surface area contributed by atoms with Crippen molar-refractivity contribution in [2.45, 2.75) is 0 Å². The number of pyridine rings is 2. The van der Waals surface area contributed by atoms with Gasteiger partial charge in [-0.2, -0.15) is 0 Å². The lowest BCUT2D eigenvalue weighted by Crippen LogP contribution is -2.00. The van der Waals surface area contributed by atoms with Gasteiger partial charge in [-0.05, 0) is 48.5 Å². The predicted molar refractivity (Wildman–Crippen MR) is 165 cm³/mol. The second-order valence-corrected chi connectivity index (χ2v) is 9.99. The standard InChI is InChI=1S/C36H25N5/c1-4-14-26(15-5-1)35-37-33(29-20-10-12-24-39(29)35)31-22-23-32(41(31)28-18-8-3-9-19-28)34-30-21-11-13-25-40(30)36(38-34)27-16-6-2-7-17-27/h1-25H. The van der Waals surface area contributed by atoms with E-state index in [1.807, 2.05) is 18.2 Å². The minimum atomic E-state index is 0.914. The van der Waals surface area contributed by atoms with Crippen molar-refractivity contribution in [3.05, 3.63) is 152 Å². The first-order chi connectivity index (χ1) is 20.4. The van der Waals surface area contributed by atoms with Gasteiger partial charge < -0.3 is 4.57 Å². The van der Waals surface area contributed by atoms with Crippen molar-refractivity contribution in [1.29, 1.82) is 0 Å². The Balaban J connectivity index is 1.41. The summed E-state index contributed by atoms with van der Waals surface area (Å²) in [5.74, 6) is 1.83. The Labute approximate surface area is 237 Å². The molecule has 0 atom stereocenters. The van der Waals surface area contributed by atoms with E-state index in [0.29, 0.717) is 0 Å². The molecule has 5 nitrogen and oxygen atoms in total. The van der Waals surface area contributed by atoms with Crippen LogP contribution in [0.25, 0.3) is 62.3 Å². The van der Waals surface area contributed by atoms with Crippen LogP contribution in [0.2, 0.25) is 0 Å². The molecule has 0 radical (unpaired) electrons. The average Bonchev–Trinajstić information content (AvgIpc) is 3.76. The molecule has 0 aliphatic carbocycles. The number of hydrogen-bond donors (Lipinski definition) is 0. The number of aromatic nitrogens is 5. The Morgan fingerprint density at radius 3 is 1.27 bits per heavy atom. The van der Waals surface area contributed by atoms with E-state index in [9.17, 15) is 0 Å². The lowest BCUT2D eigenvalue weighted by Gasteiger charge is -2.12. The molecule has 5 aromatic heterocycles. The number of nitrogens with zero attached hydrogens (tertiary/aromatic N) is 5. The molecule has 0 unspecified atom stereocenters. The van der Waals surface area contributed by atoms with Gasteiger partial charge in [0.25, 0.3) is 0 Å². The molecule has 0 saturated heterocycles. The minimum absolute atomic E-state index is 0.914. The molecule has 0 aliphatic rings. The summed E-state index contributed by atoms with van der Waals surface area (Å²) >= 11 is 0. The first-order valence-electron chi connectivity index (χ1n) is 13.7. The molecule has 0 fully saturated rings. The Hall–Kier alpha value is -5.68. The summed E-state index contributed by atoms with van der Waals surface area (Å²) in [4.78, 5) is 10.5. The Morgan fingerprint density at radius 2 is 0.805 bits per heavy atom. The third-order valence-electron chi connectivity index (χ3n) is 7.54. The van der Waals surface area contributed by atoms with Crippen LogP contribution in [-0.2, 0) is 0 Å². The van der Waals surface area contributed by atoms with Crippen LogP contribution in [0.1, 0.15) is 0 Å². The molecule has 5 heteroatoms. The molecular weight excluding hydrogens is 502 g/mol. The van der Waals surface area contributed by atoms with E-state index in [0.717, 1.165) is 62.3 Å². The number of para-hydroxylation sites is 1. The number of fused-ring (bicyclic) bond motifs is 2. The molecule has 194 valence electrons. The molecule has 3 aromatic carbocycles. The van der Waals surface area contributed by atoms with Crippen molar-refractivity contribution in [2.24, 2.45) is 0 Å². The van der Waals surface area contributed by atoms with E-state index in [1.165, 1.54) is 0 Å². The summed E-state index contributed by atoms with van der Waals surface area (Å²) in [6.45, 7) is 0. The molecule has 0 bridgehead atoms. The van der Waals surface area contributed by atoms with Crippen LogP contribution in [-0.4, -0.2) is 23.3 Å². The molecule has 0 amide bonds. The van der Waals surface area contributed by atoms with Gasteiger partial charge in [0.2, 0.25) is 0 Å². The fourth-order valence-corrected chi connectivity index (χ4v) is 5.70. The summed E-state index contributed by atoms with van der Waals surface area (Å²) in [5, 5.41) is 0. The van der Waals surface area contributed by atoms with Gasteiger partial charge in [0.05, 0.1) is 22.4 Å². The first kappa shape index (κ1) is 23.2. The largest absolute Gasteiger partial charge is 0.306 e. The highest BCUT2D eigenvalue weighted by Crippen LogP contribution is 2.38. The normalized spacial score (nSPS) is 11.4. The van der Waals surface area contributed by atoms with Gasteiger partial charge in [-0.3, -0.25) is 8.80 Å². The van der Waals surface area contributed by atoms with E-state index in [4.69, 9.17) is 9.97 Å². The highest BCUT2D eigenvalue weighted by atomic mass is 15.1. The van der Waals surface area contributed by atoms with Gasteiger partial charge in [0.1, 0.15) is 23.0 Å². The molecule has 0 saturated carbocycles. The fourth-order valence-electron chi connectivity index (χ4n) is 5.70. The average molecular weight is 528 g/mol. The van der Waals surface area contributed by atoms with Gasteiger partial charge >= 0.3 is 0 Å². The summed E-state index contributed by atoms with van der Waals surface area (Å²) in [6, 6.07) is 48.0. The minimum Gasteiger partial charge on any atom is -0.306 e. The van der Waals surface area contributed by atoms with Crippen molar-refractivity contribution in [3.8, 4) is 51.2 Å². The van der Waals surface area contributed by atoms with E-state index in [1.54, 1.807) is 0 Å². The number of benzene rings is 3. The molecule has 0 N–H and O–H groups in total. The van der Waals surface area contributed by atoms with Crippen LogP contribution in [0.4, 0.5) is 0 Å². The predicted octanol–water partition coefficient (Wildman–Crippen LogP) is 8.44. The molecule has 5 heterocycles. The number of rotatable bonds is 5. The van der Waals surface area contributed by atoms with E-state index < -0.39 is 0 Å². The third kappa shape index (κ3) is 3.79. The van der Waals surface area contributed by atoms with Crippen LogP contribution in [0, 0.1) is 0 Å².